The number of fused-ring (bicyclic) bond motifs is 1. The van der Waals surface area contributed by atoms with Crippen molar-refractivity contribution in [2.75, 3.05) is 6.54 Å². The van der Waals surface area contributed by atoms with Gasteiger partial charge < -0.3 is 19.8 Å². The van der Waals surface area contributed by atoms with E-state index in [0.717, 1.165) is 5.52 Å². The summed E-state index contributed by atoms with van der Waals surface area (Å²) < 4.78 is 10.7. The molecule has 0 spiro atoms. The number of nitrogens with zero attached hydrogens (tertiary/aromatic N) is 1. The maximum Gasteiger partial charge on any atom is 0.407 e. The van der Waals surface area contributed by atoms with Crippen LogP contribution < -0.4 is 10.6 Å². The Morgan fingerprint density at radius 2 is 1.88 bits per heavy atom. The van der Waals surface area contributed by atoms with E-state index >= 15 is 0 Å². The summed E-state index contributed by atoms with van der Waals surface area (Å²) in [5, 5.41) is 5.46. The van der Waals surface area contributed by atoms with E-state index in [1.807, 2.05) is 24.3 Å². The zero-order chi connectivity index (χ0) is 19.4. The molecule has 0 atom stereocenters. The van der Waals surface area contributed by atoms with Crippen LogP contribution in [0.25, 0.3) is 17.2 Å². The van der Waals surface area contributed by atoms with E-state index in [1.54, 1.807) is 34.6 Å². The first-order chi connectivity index (χ1) is 12.0. The van der Waals surface area contributed by atoms with Gasteiger partial charge in [0.2, 0.25) is 11.8 Å². The van der Waals surface area contributed by atoms with E-state index in [2.05, 4.69) is 15.6 Å². The van der Waals surface area contributed by atoms with Gasteiger partial charge in [-0.1, -0.05) is 12.1 Å². The number of aromatic nitrogens is 1. The standard InChI is InChI=1S/C19H25N3O4/c1-18(2,3)26-17(24)20-12-19(4,5)22-15(23)10-11-16-21-13-8-6-7-9-14(13)25-16/h6-11H,12H2,1-5H3,(H,20,24)(H,22,23)/b11-10+. The third-order valence-electron chi connectivity index (χ3n) is 3.22. The van der Waals surface area contributed by atoms with Gasteiger partial charge >= 0.3 is 6.09 Å². The van der Waals surface area contributed by atoms with Crippen molar-refractivity contribution in [1.29, 1.82) is 0 Å². The van der Waals surface area contributed by atoms with Crippen LogP contribution in [0.4, 0.5) is 4.79 Å². The molecule has 0 aliphatic carbocycles. The molecule has 0 aliphatic heterocycles. The number of nitrogens with one attached hydrogen (secondary N) is 2. The Morgan fingerprint density at radius 1 is 1.19 bits per heavy atom. The predicted molar refractivity (Wildman–Crippen MR) is 99.5 cm³/mol. The smallest absolute Gasteiger partial charge is 0.407 e. The second-order valence-electron chi connectivity index (χ2n) is 7.58. The molecule has 0 bridgehead atoms. The van der Waals surface area contributed by atoms with E-state index < -0.39 is 17.2 Å². The zero-order valence-electron chi connectivity index (χ0n) is 15.8. The summed E-state index contributed by atoms with van der Waals surface area (Å²) in [6.07, 6.45) is 2.33. The van der Waals surface area contributed by atoms with Crippen LogP contribution in [0.5, 0.6) is 0 Å². The van der Waals surface area contributed by atoms with Crippen molar-refractivity contribution in [3.8, 4) is 0 Å². The normalized spacial score (nSPS) is 12.3. The average molecular weight is 359 g/mol. The van der Waals surface area contributed by atoms with Crippen LogP contribution in [0, 0.1) is 0 Å². The summed E-state index contributed by atoms with van der Waals surface area (Å²) in [5.41, 5.74) is 0.170. The largest absolute Gasteiger partial charge is 0.444 e. The van der Waals surface area contributed by atoms with Crippen LogP contribution in [-0.4, -0.2) is 34.7 Å². The van der Waals surface area contributed by atoms with Crippen LogP contribution in [-0.2, 0) is 9.53 Å². The van der Waals surface area contributed by atoms with Gasteiger partial charge in [-0.25, -0.2) is 9.78 Å². The number of carbonyl (C=O) groups excluding carboxylic acids is 2. The van der Waals surface area contributed by atoms with Crippen molar-refractivity contribution in [1.82, 2.24) is 15.6 Å². The van der Waals surface area contributed by atoms with Crippen LogP contribution in [0.1, 0.15) is 40.5 Å². The Labute approximate surface area is 152 Å². The van der Waals surface area contributed by atoms with Crippen molar-refractivity contribution in [2.24, 2.45) is 0 Å². The topological polar surface area (TPSA) is 93.5 Å². The van der Waals surface area contributed by atoms with Crippen molar-refractivity contribution in [3.63, 3.8) is 0 Å². The Hall–Kier alpha value is -2.83. The molecule has 2 N–H and O–H groups in total. The molecule has 2 amide bonds. The Kier molecular flexibility index (Phi) is 5.69. The van der Waals surface area contributed by atoms with Crippen molar-refractivity contribution in [2.45, 2.75) is 45.8 Å². The number of ether oxygens (including phenoxy) is 1. The lowest BCUT2D eigenvalue weighted by Crippen LogP contribution is -2.51. The Bertz CT molecular complexity index is 783. The summed E-state index contributed by atoms with van der Waals surface area (Å²) in [6, 6.07) is 7.37. The number of rotatable bonds is 5. The average Bonchev–Trinajstić information content (AvgIpc) is 2.92. The zero-order valence-corrected chi connectivity index (χ0v) is 15.8. The van der Waals surface area contributed by atoms with Crippen LogP contribution in [0.15, 0.2) is 34.8 Å². The molecular weight excluding hydrogens is 334 g/mol. The first-order valence-corrected chi connectivity index (χ1v) is 8.37. The molecule has 0 radical (unpaired) electrons. The maximum atomic E-state index is 12.1. The van der Waals surface area contributed by atoms with Gasteiger partial charge in [-0.15, -0.1) is 0 Å². The Balaban J connectivity index is 1.87. The molecule has 26 heavy (non-hydrogen) atoms. The monoisotopic (exact) mass is 359 g/mol. The number of amides is 2. The van der Waals surface area contributed by atoms with Gasteiger partial charge in [0, 0.05) is 18.7 Å². The van der Waals surface area contributed by atoms with E-state index in [1.165, 1.54) is 12.2 Å². The highest BCUT2D eigenvalue weighted by Gasteiger charge is 2.22. The minimum absolute atomic E-state index is 0.227. The first-order valence-electron chi connectivity index (χ1n) is 8.37. The van der Waals surface area contributed by atoms with Gasteiger partial charge in [0.1, 0.15) is 11.1 Å². The van der Waals surface area contributed by atoms with Gasteiger partial charge in [0.05, 0.1) is 5.54 Å². The van der Waals surface area contributed by atoms with Gasteiger partial charge in [-0.3, -0.25) is 4.79 Å². The fraction of sp³-hybridized carbons (Fsp3) is 0.421. The number of para-hydroxylation sites is 2. The number of oxazole rings is 1. The van der Waals surface area contributed by atoms with Gasteiger partial charge in [0.15, 0.2) is 5.58 Å². The van der Waals surface area contributed by atoms with Gasteiger partial charge in [-0.05, 0) is 46.8 Å². The summed E-state index contributed by atoms with van der Waals surface area (Å²) in [4.78, 5) is 28.1. The number of alkyl carbamates (subject to hydrolysis) is 1. The highest BCUT2D eigenvalue weighted by molar-refractivity contribution is 5.92. The van der Waals surface area contributed by atoms with Crippen molar-refractivity contribution >= 4 is 29.2 Å². The lowest BCUT2D eigenvalue weighted by molar-refractivity contribution is -0.117. The van der Waals surface area contributed by atoms with E-state index in [-0.39, 0.29) is 12.5 Å². The van der Waals surface area contributed by atoms with E-state index in [0.29, 0.717) is 11.5 Å². The van der Waals surface area contributed by atoms with E-state index in [4.69, 9.17) is 9.15 Å². The molecule has 140 valence electrons. The van der Waals surface area contributed by atoms with Crippen molar-refractivity contribution < 1.29 is 18.7 Å². The Morgan fingerprint density at radius 3 is 2.54 bits per heavy atom. The van der Waals surface area contributed by atoms with E-state index in [9.17, 15) is 9.59 Å². The SMILES string of the molecule is CC(C)(CNC(=O)OC(C)(C)C)NC(=O)/C=C/c1nc2ccccc2o1. The molecule has 1 heterocycles. The van der Waals surface area contributed by atoms with Gasteiger partial charge in [0.25, 0.3) is 0 Å². The molecule has 0 unspecified atom stereocenters. The molecule has 0 saturated heterocycles. The fourth-order valence-corrected chi connectivity index (χ4v) is 2.13. The number of hydrogen-bond acceptors (Lipinski definition) is 5. The third kappa shape index (κ3) is 6.23. The highest BCUT2D eigenvalue weighted by Crippen LogP contribution is 2.15. The lowest BCUT2D eigenvalue weighted by Gasteiger charge is -2.27. The fourth-order valence-electron chi connectivity index (χ4n) is 2.13. The molecule has 2 rings (SSSR count). The molecule has 0 aliphatic rings. The maximum absolute atomic E-state index is 12.1. The minimum Gasteiger partial charge on any atom is -0.444 e. The third-order valence-corrected chi connectivity index (χ3v) is 3.22. The molecule has 1 aromatic heterocycles. The van der Waals surface area contributed by atoms with Crippen LogP contribution >= 0.6 is 0 Å². The molecule has 7 heteroatoms. The number of benzene rings is 1. The van der Waals surface area contributed by atoms with Crippen LogP contribution in [0.2, 0.25) is 0 Å². The highest BCUT2D eigenvalue weighted by atomic mass is 16.6. The van der Waals surface area contributed by atoms with Crippen LogP contribution in [0.3, 0.4) is 0 Å². The summed E-state index contributed by atoms with van der Waals surface area (Å²) >= 11 is 0. The summed E-state index contributed by atoms with van der Waals surface area (Å²) in [7, 11) is 0. The molecular formula is C19H25N3O4. The van der Waals surface area contributed by atoms with Crippen molar-refractivity contribution in [3.05, 3.63) is 36.2 Å². The second-order valence-corrected chi connectivity index (χ2v) is 7.58. The summed E-state index contributed by atoms with van der Waals surface area (Å²) in [5.74, 6) is 0.0364. The number of carbonyl (C=O) groups is 2. The molecule has 1 aromatic carbocycles. The molecule has 0 saturated carbocycles. The second kappa shape index (κ2) is 7.59. The quantitative estimate of drug-likeness (QED) is 0.799. The molecule has 2 aromatic rings. The predicted octanol–water partition coefficient (Wildman–Crippen LogP) is 3.26. The lowest BCUT2D eigenvalue weighted by atomic mass is 10.1. The van der Waals surface area contributed by atoms with Gasteiger partial charge in [-0.2, -0.15) is 0 Å². The number of hydrogen-bond donors (Lipinski definition) is 2. The molecule has 0 fully saturated rings. The summed E-state index contributed by atoms with van der Waals surface area (Å²) in [6.45, 7) is 9.19. The first kappa shape index (κ1) is 19.5. The molecule has 7 nitrogen and oxygen atoms in total. The minimum atomic E-state index is -0.653.